The van der Waals surface area contributed by atoms with Gasteiger partial charge < -0.3 is 10.6 Å². The summed E-state index contributed by atoms with van der Waals surface area (Å²) in [7, 11) is 0. The number of hydrogen-bond donors (Lipinski definition) is 1. The van der Waals surface area contributed by atoms with E-state index in [0.717, 1.165) is 5.06 Å². The zero-order valence-electron chi connectivity index (χ0n) is 7.84. The molecule has 0 aromatic carbocycles. The Kier molecular flexibility index (Phi) is 6.33. The van der Waals surface area contributed by atoms with Crippen molar-refractivity contribution < 1.29 is 19.6 Å². The molecule has 0 heterocycles. The first-order valence-electron chi connectivity index (χ1n) is 3.96. The van der Waals surface area contributed by atoms with E-state index >= 15 is 0 Å². The number of nitrogens with two attached hydrogens (primary N) is 1. The van der Waals surface area contributed by atoms with Crippen LogP contribution in [0.1, 0.15) is 6.92 Å². The molecule has 14 heavy (non-hydrogen) atoms. The fourth-order valence-electron chi connectivity index (χ4n) is 0.689. The van der Waals surface area contributed by atoms with Crippen LogP contribution >= 0.6 is 0 Å². The molecule has 0 unspecified atom stereocenters. The molecule has 0 aromatic heterocycles. The van der Waals surface area contributed by atoms with E-state index < -0.39 is 5.09 Å². The molecular weight excluding hydrogens is 194 g/mol. The van der Waals surface area contributed by atoms with E-state index in [0.29, 0.717) is 0 Å². The molecule has 0 aliphatic rings. The van der Waals surface area contributed by atoms with Crippen molar-refractivity contribution in [3.63, 3.8) is 0 Å². The highest BCUT2D eigenvalue weighted by Crippen LogP contribution is 1.90. The molecule has 0 aliphatic heterocycles. The molecule has 0 spiro atoms. The number of amides is 1. The molecule has 0 rings (SSSR count). The van der Waals surface area contributed by atoms with Gasteiger partial charge in [0, 0.05) is 13.5 Å². The Hall–Kier alpha value is -1.41. The van der Waals surface area contributed by atoms with Gasteiger partial charge >= 0.3 is 0 Å². The van der Waals surface area contributed by atoms with Crippen LogP contribution in [-0.4, -0.2) is 42.4 Å². The molecule has 0 atom stereocenters. The van der Waals surface area contributed by atoms with Gasteiger partial charge in [-0.1, -0.05) is 0 Å². The Labute approximate surface area is 80.6 Å². The lowest BCUT2D eigenvalue weighted by Gasteiger charge is -2.18. The molecule has 0 bridgehead atoms. The van der Waals surface area contributed by atoms with E-state index in [1.165, 1.54) is 6.92 Å². The van der Waals surface area contributed by atoms with E-state index in [2.05, 4.69) is 4.84 Å². The lowest BCUT2D eigenvalue weighted by molar-refractivity contribution is -0.758. The highest BCUT2D eigenvalue weighted by atomic mass is 17.0. The summed E-state index contributed by atoms with van der Waals surface area (Å²) in [5.74, 6) is -0.309. The molecule has 0 aromatic rings. The molecule has 0 fully saturated rings. The molecule has 2 N–H and O–H groups in total. The Morgan fingerprint density at radius 1 is 1.57 bits per heavy atom. The van der Waals surface area contributed by atoms with Crippen molar-refractivity contribution in [1.29, 1.82) is 0 Å². The van der Waals surface area contributed by atoms with Gasteiger partial charge in [0.15, 0.2) is 0 Å². The van der Waals surface area contributed by atoms with Gasteiger partial charge in [0.25, 0.3) is 5.09 Å². The van der Waals surface area contributed by atoms with Gasteiger partial charge in [-0.15, -0.1) is 10.1 Å². The third-order valence-electron chi connectivity index (χ3n) is 1.21. The predicted molar refractivity (Wildman–Crippen MR) is 45.3 cm³/mol. The minimum Gasteiger partial charge on any atom is -0.329 e. The van der Waals surface area contributed by atoms with Crippen LogP contribution in [0.4, 0.5) is 0 Å². The van der Waals surface area contributed by atoms with Crippen LogP contribution < -0.4 is 5.73 Å². The van der Waals surface area contributed by atoms with E-state index in [1.807, 2.05) is 0 Å². The summed E-state index contributed by atoms with van der Waals surface area (Å²) in [6, 6.07) is 0. The molecule has 0 radical (unpaired) electrons. The number of carbonyl (C=O) groups is 1. The van der Waals surface area contributed by atoms with E-state index in [9.17, 15) is 14.9 Å². The zero-order valence-corrected chi connectivity index (χ0v) is 7.84. The van der Waals surface area contributed by atoms with Crippen LogP contribution in [-0.2, 0) is 14.5 Å². The normalized spacial score (nSPS) is 9.57. The van der Waals surface area contributed by atoms with Gasteiger partial charge in [0.2, 0.25) is 5.91 Å². The second-order valence-electron chi connectivity index (χ2n) is 2.30. The molecular formula is C6H13N3O5. The monoisotopic (exact) mass is 207 g/mol. The maximum absolute atomic E-state index is 10.8. The van der Waals surface area contributed by atoms with Crippen molar-refractivity contribution in [1.82, 2.24) is 5.06 Å². The predicted octanol–water partition coefficient (Wildman–Crippen LogP) is -1.07. The number of carbonyl (C=O) groups excluding carboxylic acids is 1. The van der Waals surface area contributed by atoms with Crippen LogP contribution in [0.2, 0.25) is 0 Å². The van der Waals surface area contributed by atoms with Gasteiger partial charge in [-0.3, -0.25) is 9.63 Å². The fourth-order valence-corrected chi connectivity index (χ4v) is 0.689. The SMILES string of the molecule is CC(=O)N(CCN)OCCO[N+](=O)[O-]. The van der Waals surface area contributed by atoms with Gasteiger partial charge in [-0.2, -0.15) is 0 Å². The summed E-state index contributed by atoms with van der Waals surface area (Å²) >= 11 is 0. The van der Waals surface area contributed by atoms with Gasteiger partial charge in [-0.05, 0) is 0 Å². The smallest absolute Gasteiger partial charge is 0.294 e. The molecule has 82 valence electrons. The Morgan fingerprint density at radius 3 is 2.64 bits per heavy atom. The molecule has 0 aliphatic carbocycles. The molecule has 0 saturated heterocycles. The van der Waals surface area contributed by atoms with Gasteiger partial charge in [0.05, 0.1) is 13.2 Å². The van der Waals surface area contributed by atoms with Gasteiger partial charge in [-0.25, -0.2) is 5.06 Å². The second-order valence-corrected chi connectivity index (χ2v) is 2.30. The zero-order chi connectivity index (χ0) is 11.0. The molecule has 0 saturated carbocycles. The first kappa shape index (κ1) is 12.6. The summed E-state index contributed by atoms with van der Waals surface area (Å²) in [5.41, 5.74) is 5.21. The van der Waals surface area contributed by atoms with Crippen LogP contribution in [0.15, 0.2) is 0 Å². The standard InChI is InChI=1S/C6H13N3O5/c1-6(10)8(3-2-7)13-4-5-14-9(11)12/h2-5,7H2,1H3. The minimum absolute atomic E-state index is 0.0689. The molecule has 1 amide bonds. The summed E-state index contributed by atoms with van der Waals surface area (Å²) < 4.78 is 0. The van der Waals surface area contributed by atoms with Crippen LogP contribution in [0.25, 0.3) is 0 Å². The summed E-state index contributed by atoms with van der Waals surface area (Å²) in [6.07, 6.45) is 0. The summed E-state index contributed by atoms with van der Waals surface area (Å²) in [5, 5.41) is 9.84. The summed E-state index contributed by atoms with van der Waals surface area (Å²) in [4.78, 5) is 29.4. The minimum atomic E-state index is -0.926. The molecule has 8 heteroatoms. The van der Waals surface area contributed by atoms with E-state index in [4.69, 9.17) is 10.6 Å². The maximum Gasteiger partial charge on any atom is 0.294 e. The maximum atomic E-state index is 10.8. The van der Waals surface area contributed by atoms with Crippen LogP contribution in [0.5, 0.6) is 0 Å². The molecule has 8 nitrogen and oxygen atoms in total. The average Bonchev–Trinajstić information content (AvgIpc) is 2.09. The first-order chi connectivity index (χ1) is 6.57. The highest BCUT2D eigenvalue weighted by molar-refractivity contribution is 5.71. The Bertz CT molecular complexity index is 198. The van der Waals surface area contributed by atoms with Crippen molar-refractivity contribution in [3.05, 3.63) is 10.1 Å². The fraction of sp³-hybridized carbons (Fsp3) is 0.833. The average molecular weight is 207 g/mol. The first-order valence-corrected chi connectivity index (χ1v) is 3.96. The number of hydrogen-bond acceptors (Lipinski definition) is 6. The highest BCUT2D eigenvalue weighted by Gasteiger charge is 2.07. The lowest BCUT2D eigenvalue weighted by atomic mass is 10.6. The van der Waals surface area contributed by atoms with Crippen molar-refractivity contribution in [2.45, 2.75) is 6.92 Å². The van der Waals surface area contributed by atoms with Crippen LogP contribution in [0, 0.1) is 10.1 Å². The van der Waals surface area contributed by atoms with Crippen molar-refractivity contribution in [2.24, 2.45) is 5.73 Å². The quantitative estimate of drug-likeness (QED) is 0.323. The summed E-state index contributed by atoms with van der Waals surface area (Å²) in [6.45, 7) is 1.52. The second kappa shape index (κ2) is 7.04. The topological polar surface area (TPSA) is 108 Å². The number of nitrogens with zero attached hydrogens (tertiary/aromatic N) is 2. The lowest BCUT2D eigenvalue weighted by Crippen LogP contribution is -2.34. The Balaban J connectivity index is 3.61. The van der Waals surface area contributed by atoms with Gasteiger partial charge in [0.1, 0.15) is 6.61 Å². The van der Waals surface area contributed by atoms with Crippen LogP contribution in [0.3, 0.4) is 0 Å². The number of rotatable bonds is 7. The van der Waals surface area contributed by atoms with Crippen molar-refractivity contribution >= 4 is 5.91 Å². The van der Waals surface area contributed by atoms with E-state index in [-0.39, 0.29) is 32.2 Å². The van der Waals surface area contributed by atoms with E-state index in [1.54, 1.807) is 0 Å². The third-order valence-corrected chi connectivity index (χ3v) is 1.21. The van der Waals surface area contributed by atoms with Crippen molar-refractivity contribution in [3.8, 4) is 0 Å². The largest absolute Gasteiger partial charge is 0.329 e. The number of hydroxylamine groups is 2. The Morgan fingerprint density at radius 2 is 2.21 bits per heavy atom. The third kappa shape index (κ3) is 6.14. The van der Waals surface area contributed by atoms with Crippen molar-refractivity contribution in [2.75, 3.05) is 26.3 Å².